The molecule has 0 saturated heterocycles. The van der Waals surface area contributed by atoms with E-state index in [9.17, 15) is 0 Å². The first kappa shape index (κ1) is 27.8. The monoisotopic (exact) mass is 460 g/mol. The molecule has 0 radical (unpaired) electrons. The Morgan fingerprint density at radius 2 is 1.97 bits per heavy atom. The quantitative estimate of drug-likeness (QED) is 0.0885. The van der Waals surface area contributed by atoms with Crippen LogP contribution in [0.4, 0.5) is 5.82 Å². The summed E-state index contributed by atoms with van der Waals surface area (Å²) < 4.78 is 5.84. The Kier molecular flexibility index (Phi) is 11.8. The number of amidine groups is 1. The topological polar surface area (TPSA) is 139 Å². The van der Waals surface area contributed by atoms with Gasteiger partial charge in [0.25, 0.3) is 0 Å². The van der Waals surface area contributed by atoms with Crippen LogP contribution in [-0.2, 0) is 9.57 Å². The fraction of sp³-hybridized carbons (Fsp3) is 0.478. The molecule has 0 aliphatic heterocycles. The Morgan fingerprint density at radius 1 is 1.27 bits per heavy atom. The molecule has 33 heavy (non-hydrogen) atoms. The Hall–Kier alpha value is -3.24. The maximum absolute atomic E-state index is 6.11. The predicted octanol–water partition coefficient (Wildman–Crippen LogP) is 2.58. The SMILES string of the molecule is C=C(NC/C(=C/C(=C)C(C)C)ON)NC(=CC(N)=Nc1cc(C(C)C)[nH]n1)OCCN(C)C. The zero-order chi connectivity index (χ0) is 25.0. The maximum atomic E-state index is 6.11. The molecule has 0 aliphatic rings. The highest BCUT2D eigenvalue weighted by atomic mass is 16.6. The van der Waals surface area contributed by atoms with Gasteiger partial charge in [-0.15, -0.1) is 0 Å². The van der Waals surface area contributed by atoms with Gasteiger partial charge >= 0.3 is 0 Å². The molecule has 0 aliphatic carbocycles. The number of nitrogens with two attached hydrogens (primary N) is 2. The van der Waals surface area contributed by atoms with Crippen molar-refractivity contribution in [3.05, 3.63) is 60.1 Å². The minimum absolute atomic E-state index is 0.232. The number of nitrogens with one attached hydrogen (secondary N) is 3. The third kappa shape index (κ3) is 11.3. The van der Waals surface area contributed by atoms with Crippen molar-refractivity contribution in [3.63, 3.8) is 0 Å². The Labute approximate surface area is 197 Å². The minimum Gasteiger partial charge on any atom is -0.477 e. The number of aromatic amines is 1. The molecule has 0 bridgehead atoms. The number of rotatable bonds is 15. The van der Waals surface area contributed by atoms with E-state index >= 15 is 0 Å². The van der Waals surface area contributed by atoms with Crippen molar-refractivity contribution >= 4 is 11.7 Å². The summed E-state index contributed by atoms with van der Waals surface area (Å²) in [7, 11) is 3.93. The van der Waals surface area contributed by atoms with E-state index in [0.29, 0.717) is 42.4 Å². The number of allylic oxidation sites excluding steroid dienone is 2. The number of aliphatic imine (C=N–C) groups is 1. The van der Waals surface area contributed by atoms with Crippen molar-refractivity contribution in [2.75, 3.05) is 33.8 Å². The molecule has 0 amide bonds. The highest BCUT2D eigenvalue weighted by Crippen LogP contribution is 2.17. The fourth-order valence-corrected chi connectivity index (χ4v) is 2.32. The Bertz CT molecular complexity index is 866. The molecule has 1 aromatic heterocycles. The number of H-pyrrole nitrogens is 1. The van der Waals surface area contributed by atoms with E-state index in [4.69, 9.17) is 21.2 Å². The van der Waals surface area contributed by atoms with Crippen molar-refractivity contribution in [2.24, 2.45) is 22.5 Å². The van der Waals surface area contributed by atoms with Gasteiger partial charge in [-0.05, 0) is 37.6 Å². The Balaban J connectivity index is 2.88. The largest absolute Gasteiger partial charge is 0.477 e. The van der Waals surface area contributed by atoms with E-state index < -0.39 is 0 Å². The van der Waals surface area contributed by atoms with E-state index in [1.807, 2.05) is 38.9 Å². The first-order valence-electron chi connectivity index (χ1n) is 10.9. The van der Waals surface area contributed by atoms with Crippen LogP contribution < -0.4 is 22.3 Å². The molecule has 10 heteroatoms. The zero-order valence-corrected chi connectivity index (χ0v) is 20.7. The van der Waals surface area contributed by atoms with Crippen molar-refractivity contribution in [2.45, 2.75) is 33.6 Å². The summed E-state index contributed by atoms with van der Waals surface area (Å²) in [6.45, 7) is 17.7. The molecule has 0 spiro atoms. The maximum Gasteiger partial charge on any atom is 0.195 e. The van der Waals surface area contributed by atoms with Crippen LogP contribution in [0.2, 0.25) is 0 Å². The number of hydrogen-bond acceptors (Lipinski definition) is 8. The molecule has 7 N–H and O–H groups in total. The highest BCUT2D eigenvalue weighted by molar-refractivity contribution is 5.93. The van der Waals surface area contributed by atoms with Crippen LogP contribution in [-0.4, -0.2) is 54.7 Å². The second kappa shape index (κ2) is 14.0. The molecule has 0 aromatic carbocycles. The average molecular weight is 461 g/mol. The number of nitrogens with zero attached hydrogens (tertiary/aromatic N) is 3. The number of ether oxygens (including phenoxy) is 1. The van der Waals surface area contributed by atoms with Crippen molar-refractivity contribution in [3.8, 4) is 0 Å². The molecule has 1 rings (SSSR count). The molecule has 0 unspecified atom stereocenters. The lowest BCUT2D eigenvalue weighted by Gasteiger charge is -2.18. The van der Waals surface area contributed by atoms with Gasteiger partial charge in [-0.1, -0.05) is 40.9 Å². The van der Waals surface area contributed by atoms with E-state index in [-0.39, 0.29) is 11.8 Å². The van der Waals surface area contributed by atoms with Gasteiger partial charge in [0, 0.05) is 24.4 Å². The van der Waals surface area contributed by atoms with Gasteiger partial charge < -0.3 is 30.8 Å². The van der Waals surface area contributed by atoms with Crippen LogP contribution in [0.1, 0.15) is 39.3 Å². The lowest BCUT2D eigenvalue weighted by atomic mass is 10.0. The van der Waals surface area contributed by atoms with Crippen molar-refractivity contribution in [1.29, 1.82) is 0 Å². The molecule has 184 valence electrons. The predicted molar refractivity (Wildman–Crippen MR) is 134 cm³/mol. The molecule has 1 aromatic rings. The normalized spacial score (nSPS) is 13.0. The molecule has 0 fully saturated rings. The summed E-state index contributed by atoms with van der Waals surface area (Å²) >= 11 is 0. The van der Waals surface area contributed by atoms with E-state index in [2.05, 4.69) is 52.8 Å². The van der Waals surface area contributed by atoms with Gasteiger partial charge in [0.15, 0.2) is 11.7 Å². The van der Waals surface area contributed by atoms with E-state index in [1.54, 1.807) is 12.2 Å². The van der Waals surface area contributed by atoms with Crippen molar-refractivity contribution in [1.82, 2.24) is 25.7 Å². The second-order valence-electron chi connectivity index (χ2n) is 8.45. The molecule has 0 atom stereocenters. The summed E-state index contributed by atoms with van der Waals surface area (Å²) in [6, 6.07) is 1.86. The number of likely N-dealkylation sites (N-methyl/N-ethyl adjacent to an activating group) is 1. The lowest BCUT2D eigenvalue weighted by molar-refractivity contribution is 0.169. The summed E-state index contributed by atoms with van der Waals surface area (Å²) in [5, 5.41) is 13.3. The third-order valence-electron chi connectivity index (χ3n) is 4.51. The van der Waals surface area contributed by atoms with E-state index in [1.165, 1.54) is 0 Å². The van der Waals surface area contributed by atoms with Gasteiger partial charge in [-0.25, -0.2) is 4.99 Å². The summed E-state index contributed by atoms with van der Waals surface area (Å²) in [5.41, 5.74) is 8.00. The van der Waals surface area contributed by atoms with Crippen LogP contribution in [0.15, 0.2) is 59.4 Å². The highest BCUT2D eigenvalue weighted by Gasteiger charge is 2.08. The zero-order valence-electron chi connectivity index (χ0n) is 20.7. The number of hydrogen-bond donors (Lipinski definition) is 5. The van der Waals surface area contributed by atoms with Crippen LogP contribution in [0.25, 0.3) is 0 Å². The molecule has 0 saturated carbocycles. The summed E-state index contributed by atoms with van der Waals surface area (Å²) in [5.74, 6) is 8.09. The van der Waals surface area contributed by atoms with Gasteiger partial charge in [-0.2, -0.15) is 11.0 Å². The smallest absolute Gasteiger partial charge is 0.195 e. The van der Waals surface area contributed by atoms with Gasteiger partial charge in [-0.3, -0.25) is 5.10 Å². The Morgan fingerprint density at radius 3 is 2.52 bits per heavy atom. The molecule has 10 nitrogen and oxygen atoms in total. The fourth-order valence-electron chi connectivity index (χ4n) is 2.32. The van der Waals surface area contributed by atoms with Gasteiger partial charge in [0.1, 0.15) is 18.2 Å². The minimum atomic E-state index is 0.232. The van der Waals surface area contributed by atoms with Crippen molar-refractivity contribution < 1.29 is 9.57 Å². The van der Waals surface area contributed by atoms with Crippen LogP contribution in [0.3, 0.4) is 0 Å². The second-order valence-corrected chi connectivity index (χ2v) is 8.45. The average Bonchev–Trinajstić information content (AvgIpc) is 3.19. The lowest BCUT2D eigenvalue weighted by Crippen LogP contribution is -2.30. The number of aromatic nitrogens is 2. The summed E-state index contributed by atoms with van der Waals surface area (Å²) in [4.78, 5) is 11.3. The first-order chi connectivity index (χ1) is 15.5. The summed E-state index contributed by atoms with van der Waals surface area (Å²) in [6.07, 6.45) is 3.39. The van der Waals surface area contributed by atoms with Crippen LogP contribution >= 0.6 is 0 Å². The van der Waals surface area contributed by atoms with Gasteiger partial charge in [0.05, 0.1) is 12.4 Å². The van der Waals surface area contributed by atoms with Crippen LogP contribution in [0.5, 0.6) is 0 Å². The van der Waals surface area contributed by atoms with Gasteiger partial charge in [0.2, 0.25) is 0 Å². The first-order valence-corrected chi connectivity index (χ1v) is 10.9. The molecular formula is C23H40N8O2. The van der Waals surface area contributed by atoms with E-state index in [0.717, 1.165) is 17.8 Å². The standard InChI is InChI=1S/C23H40N8O2/c1-15(2)17(5)11-19(33-25)14-26-18(6)27-23(32-10-9-31(7)8)13-21(24)28-22-12-20(16(3)4)29-30-22/h11-13,15-16,26-27H,5-6,9-10,14,25H2,1-4,7-8H3,(H3,24,28,29,30)/b19-11-,23-13?. The third-order valence-corrected chi connectivity index (χ3v) is 4.51. The van der Waals surface area contributed by atoms with Crippen LogP contribution in [0, 0.1) is 5.92 Å². The molecular weight excluding hydrogens is 420 g/mol. The molecule has 1 heterocycles.